The monoisotopic (exact) mass is 300 g/mol. The molecule has 0 amide bonds. The lowest BCUT2D eigenvalue weighted by Crippen LogP contribution is -2.41. The second-order valence-electron chi connectivity index (χ2n) is 6.68. The van der Waals surface area contributed by atoms with Gasteiger partial charge in [-0.1, -0.05) is 6.42 Å². The highest BCUT2D eigenvalue weighted by atomic mass is 16.5. The van der Waals surface area contributed by atoms with Crippen molar-refractivity contribution in [2.24, 2.45) is 0 Å². The van der Waals surface area contributed by atoms with Crippen molar-refractivity contribution in [1.82, 2.24) is 0 Å². The van der Waals surface area contributed by atoms with Crippen LogP contribution in [0.15, 0.2) is 21.3 Å². The summed E-state index contributed by atoms with van der Waals surface area (Å²) in [6, 6.07) is 3.46. The van der Waals surface area contributed by atoms with Crippen LogP contribution in [0, 0.1) is 6.92 Å². The van der Waals surface area contributed by atoms with Crippen molar-refractivity contribution in [3.05, 3.63) is 33.7 Å². The van der Waals surface area contributed by atoms with Gasteiger partial charge in [0.2, 0.25) is 5.75 Å². The Bertz CT molecular complexity index is 797. The minimum atomic E-state index is -0.441. The number of hydrogen-bond acceptors (Lipinski definition) is 4. The SMILES string of the molecule is Cc1cc(=O)oc2c(O)c3c(cc12)CCC1(CCCCC1)O3. The molecule has 1 saturated carbocycles. The second-order valence-corrected chi connectivity index (χ2v) is 6.68. The predicted molar refractivity (Wildman–Crippen MR) is 83.7 cm³/mol. The summed E-state index contributed by atoms with van der Waals surface area (Å²) in [6.07, 6.45) is 7.60. The summed E-state index contributed by atoms with van der Waals surface area (Å²) in [5.41, 5.74) is 1.50. The first-order valence-electron chi connectivity index (χ1n) is 8.06. The fraction of sp³-hybridized carbons (Fsp3) is 0.500. The maximum atomic E-state index is 11.6. The third kappa shape index (κ3) is 2.01. The number of rotatable bonds is 0. The quantitative estimate of drug-likeness (QED) is 0.751. The Kier molecular flexibility index (Phi) is 2.96. The topological polar surface area (TPSA) is 59.7 Å². The van der Waals surface area contributed by atoms with Crippen molar-refractivity contribution in [3.63, 3.8) is 0 Å². The fourth-order valence-electron chi connectivity index (χ4n) is 3.95. The summed E-state index contributed by atoms with van der Waals surface area (Å²) in [5.74, 6) is 0.507. The average molecular weight is 300 g/mol. The van der Waals surface area contributed by atoms with E-state index >= 15 is 0 Å². The number of phenolic OH excluding ortho intramolecular Hbond substituents is 1. The maximum Gasteiger partial charge on any atom is 0.336 e. The number of fused-ring (bicyclic) bond motifs is 2. The predicted octanol–water partition coefficient (Wildman–Crippen LogP) is 3.83. The highest BCUT2D eigenvalue weighted by Crippen LogP contribution is 2.48. The Hall–Kier alpha value is -1.97. The molecule has 2 aliphatic rings. The van der Waals surface area contributed by atoms with E-state index in [-0.39, 0.29) is 16.9 Å². The van der Waals surface area contributed by atoms with Gasteiger partial charge in [0.05, 0.1) is 0 Å². The molecule has 4 rings (SSSR count). The zero-order chi connectivity index (χ0) is 15.3. The molecule has 1 aromatic heterocycles. The largest absolute Gasteiger partial charge is 0.502 e. The molecular formula is C18H20O4. The molecule has 1 aromatic carbocycles. The smallest absolute Gasteiger partial charge is 0.336 e. The van der Waals surface area contributed by atoms with Gasteiger partial charge in [-0.3, -0.25) is 0 Å². The number of benzene rings is 1. The molecule has 1 aliphatic carbocycles. The number of phenols is 1. The van der Waals surface area contributed by atoms with Crippen molar-refractivity contribution in [2.75, 3.05) is 0 Å². The van der Waals surface area contributed by atoms with E-state index in [1.54, 1.807) is 0 Å². The van der Waals surface area contributed by atoms with Crippen molar-refractivity contribution in [3.8, 4) is 11.5 Å². The lowest BCUT2D eigenvalue weighted by molar-refractivity contribution is 0.00853. The third-order valence-electron chi connectivity index (χ3n) is 5.18. The first-order valence-corrected chi connectivity index (χ1v) is 8.06. The Labute approximate surface area is 128 Å². The molecule has 1 fully saturated rings. The lowest BCUT2D eigenvalue weighted by Gasteiger charge is -2.41. The lowest BCUT2D eigenvalue weighted by atomic mass is 9.78. The summed E-state index contributed by atoms with van der Waals surface area (Å²) >= 11 is 0. The minimum Gasteiger partial charge on any atom is -0.502 e. The molecule has 0 unspecified atom stereocenters. The summed E-state index contributed by atoms with van der Waals surface area (Å²) in [6.45, 7) is 1.86. The molecule has 4 nitrogen and oxygen atoms in total. The van der Waals surface area contributed by atoms with E-state index in [9.17, 15) is 9.90 Å². The number of aryl methyl sites for hydroxylation is 2. The van der Waals surface area contributed by atoms with Crippen LogP contribution in [0.5, 0.6) is 11.5 Å². The van der Waals surface area contributed by atoms with Gasteiger partial charge >= 0.3 is 5.63 Å². The molecular weight excluding hydrogens is 280 g/mol. The molecule has 2 aromatic rings. The van der Waals surface area contributed by atoms with Gasteiger partial charge in [0, 0.05) is 11.5 Å². The summed E-state index contributed by atoms with van der Waals surface area (Å²) in [7, 11) is 0. The molecule has 0 atom stereocenters. The van der Waals surface area contributed by atoms with E-state index in [1.165, 1.54) is 25.3 Å². The van der Waals surface area contributed by atoms with E-state index in [2.05, 4.69) is 0 Å². The van der Waals surface area contributed by atoms with Crippen molar-refractivity contribution in [1.29, 1.82) is 0 Å². The van der Waals surface area contributed by atoms with Crippen LogP contribution in [0.3, 0.4) is 0 Å². The molecule has 0 radical (unpaired) electrons. The Morgan fingerprint density at radius 3 is 2.68 bits per heavy atom. The standard InChI is InChI=1S/C18H20O4/c1-11-9-14(19)21-17-13(11)10-12-5-8-18(6-3-2-4-7-18)22-16(12)15(17)20/h9-10,20H,2-8H2,1H3. The van der Waals surface area contributed by atoms with Crippen molar-refractivity contribution in [2.45, 2.75) is 57.5 Å². The molecule has 116 valence electrons. The van der Waals surface area contributed by atoms with E-state index in [0.717, 1.165) is 42.2 Å². The molecule has 0 bridgehead atoms. The molecule has 0 saturated heterocycles. The van der Waals surface area contributed by atoms with Crippen LogP contribution in [0.1, 0.15) is 49.7 Å². The second kappa shape index (κ2) is 4.77. The van der Waals surface area contributed by atoms with Crippen molar-refractivity contribution < 1.29 is 14.3 Å². The summed E-state index contributed by atoms with van der Waals surface area (Å²) in [5, 5.41) is 11.4. The van der Waals surface area contributed by atoms with Crippen LogP contribution < -0.4 is 10.4 Å². The van der Waals surface area contributed by atoms with Crippen molar-refractivity contribution >= 4 is 11.0 Å². The van der Waals surface area contributed by atoms with Gasteiger partial charge in [0.25, 0.3) is 0 Å². The molecule has 4 heteroatoms. The number of hydrogen-bond donors (Lipinski definition) is 1. The zero-order valence-electron chi connectivity index (χ0n) is 12.8. The van der Waals surface area contributed by atoms with Gasteiger partial charge in [-0.2, -0.15) is 0 Å². The first-order chi connectivity index (χ1) is 10.6. The molecule has 22 heavy (non-hydrogen) atoms. The van der Waals surface area contributed by atoms with Crippen LogP contribution in [0.2, 0.25) is 0 Å². The molecule has 2 heterocycles. The summed E-state index contributed by atoms with van der Waals surface area (Å²) in [4.78, 5) is 11.6. The highest BCUT2D eigenvalue weighted by molar-refractivity contribution is 5.89. The van der Waals surface area contributed by atoms with E-state index in [4.69, 9.17) is 9.15 Å². The van der Waals surface area contributed by atoms with Gasteiger partial charge < -0.3 is 14.3 Å². The third-order valence-corrected chi connectivity index (χ3v) is 5.18. The average Bonchev–Trinajstić information content (AvgIpc) is 2.50. The Morgan fingerprint density at radius 2 is 1.91 bits per heavy atom. The van der Waals surface area contributed by atoms with Gasteiger partial charge in [-0.05, 0) is 62.6 Å². The van der Waals surface area contributed by atoms with Gasteiger partial charge in [-0.15, -0.1) is 0 Å². The molecule has 1 aliphatic heterocycles. The Morgan fingerprint density at radius 1 is 1.14 bits per heavy atom. The van der Waals surface area contributed by atoms with Crippen LogP contribution in [0.25, 0.3) is 11.0 Å². The number of ether oxygens (including phenoxy) is 1. The zero-order valence-corrected chi connectivity index (χ0v) is 12.8. The van der Waals surface area contributed by atoms with Gasteiger partial charge in [0.15, 0.2) is 11.3 Å². The summed E-state index contributed by atoms with van der Waals surface area (Å²) < 4.78 is 11.5. The van der Waals surface area contributed by atoms with Gasteiger partial charge in [0.1, 0.15) is 5.60 Å². The van der Waals surface area contributed by atoms with Crippen LogP contribution in [0.4, 0.5) is 0 Å². The van der Waals surface area contributed by atoms with Crippen LogP contribution in [-0.2, 0) is 6.42 Å². The minimum absolute atomic E-state index is 0.0158. The van der Waals surface area contributed by atoms with E-state index in [1.807, 2.05) is 13.0 Å². The maximum absolute atomic E-state index is 11.6. The van der Waals surface area contributed by atoms with Crippen LogP contribution >= 0.6 is 0 Å². The Balaban J connectivity index is 1.88. The van der Waals surface area contributed by atoms with Gasteiger partial charge in [-0.25, -0.2) is 4.79 Å². The highest BCUT2D eigenvalue weighted by Gasteiger charge is 2.39. The van der Waals surface area contributed by atoms with E-state index in [0.29, 0.717) is 5.75 Å². The molecule has 1 spiro atoms. The first kappa shape index (κ1) is 13.7. The van der Waals surface area contributed by atoms with Crippen LogP contribution in [-0.4, -0.2) is 10.7 Å². The fourth-order valence-corrected chi connectivity index (χ4v) is 3.95. The van der Waals surface area contributed by atoms with E-state index < -0.39 is 5.63 Å². The number of aromatic hydroxyl groups is 1. The normalized spacial score (nSPS) is 19.9. The molecule has 1 N–H and O–H groups in total.